The summed E-state index contributed by atoms with van der Waals surface area (Å²) in [4.78, 5) is 15.0. The molecule has 0 spiro atoms. The van der Waals surface area contributed by atoms with E-state index in [1.54, 1.807) is 0 Å². The second-order valence-electron chi connectivity index (χ2n) is 8.79. The standard InChI is InChI=1S/C20H25NO2/c22-18(21-6-5-16-3-1-2-4-17(16)21)12-19-8-14-7-15(9-19)11-20(23,10-14)13-19/h1-4,14-15,23H,5-13H2. The van der Waals surface area contributed by atoms with E-state index >= 15 is 0 Å². The quantitative estimate of drug-likeness (QED) is 0.910. The van der Waals surface area contributed by atoms with Crippen molar-refractivity contribution in [3.05, 3.63) is 29.8 Å². The number of anilines is 1. The third-order valence-corrected chi connectivity index (χ3v) is 6.87. The first-order valence-electron chi connectivity index (χ1n) is 9.15. The number of carbonyl (C=O) groups excluding carboxylic acids is 1. The first-order chi connectivity index (χ1) is 11.0. The predicted octanol–water partition coefficient (Wildman–Crippen LogP) is 3.30. The Morgan fingerprint density at radius 2 is 1.91 bits per heavy atom. The van der Waals surface area contributed by atoms with Gasteiger partial charge in [0.15, 0.2) is 0 Å². The zero-order valence-electron chi connectivity index (χ0n) is 13.6. The van der Waals surface area contributed by atoms with Gasteiger partial charge in [-0.1, -0.05) is 18.2 Å². The van der Waals surface area contributed by atoms with Gasteiger partial charge in [0.05, 0.1) is 5.60 Å². The lowest BCUT2D eigenvalue weighted by molar-refractivity contribution is -0.168. The topological polar surface area (TPSA) is 40.5 Å². The van der Waals surface area contributed by atoms with Crippen LogP contribution in [0, 0.1) is 17.3 Å². The number of rotatable bonds is 2. The second kappa shape index (κ2) is 4.60. The first-order valence-corrected chi connectivity index (χ1v) is 9.15. The van der Waals surface area contributed by atoms with E-state index in [0.29, 0.717) is 18.3 Å². The van der Waals surface area contributed by atoms with Gasteiger partial charge in [-0.15, -0.1) is 0 Å². The summed E-state index contributed by atoms with van der Waals surface area (Å²) in [5.41, 5.74) is 2.02. The van der Waals surface area contributed by atoms with Crippen LogP contribution < -0.4 is 4.90 Å². The summed E-state index contributed by atoms with van der Waals surface area (Å²) in [5, 5.41) is 10.9. The Morgan fingerprint density at radius 1 is 1.17 bits per heavy atom. The maximum absolute atomic E-state index is 13.0. The van der Waals surface area contributed by atoms with E-state index in [2.05, 4.69) is 18.2 Å². The van der Waals surface area contributed by atoms with E-state index in [1.807, 2.05) is 11.0 Å². The lowest BCUT2D eigenvalue weighted by Gasteiger charge is -2.60. The minimum atomic E-state index is -0.465. The lowest BCUT2D eigenvalue weighted by atomic mass is 9.47. The highest BCUT2D eigenvalue weighted by molar-refractivity contribution is 5.95. The Hall–Kier alpha value is -1.35. The molecule has 1 aromatic carbocycles. The van der Waals surface area contributed by atoms with Gasteiger partial charge in [0.2, 0.25) is 5.91 Å². The summed E-state index contributed by atoms with van der Waals surface area (Å²) in [5.74, 6) is 1.58. The Kier molecular flexibility index (Phi) is 2.80. The van der Waals surface area contributed by atoms with Crippen molar-refractivity contribution in [2.75, 3.05) is 11.4 Å². The van der Waals surface area contributed by atoms with Crippen LogP contribution in [0.2, 0.25) is 0 Å². The number of aliphatic hydroxyl groups is 1. The summed E-state index contributed by atoms with van der Waals surface area (Å²) in [6.45, 7) is 0.825. The van der Waals surface area contributed by atoms with Crippen LogP contribution in [0.3, 0.4) is 0 Å². The van der Waals surface area contributed by atoms with Crippen LogP contribution in [0.4, 0.5) is 5.69 Å². The van der Waals surface area contributed by atoms with Gasteiger partial charge in [-0.2, -0.15) is 0 Å². The maximum Gasteiger partial charge on any atom is 0.227 e. The Labute approximate surface area is 137 Å². The number of amides is 1. The van der Waals surface area contributed by atoms with Crippen molar-refractivity contribution in [2.45, 2.75) is 57.0 Å². The van der Waals surface area contributed by atoms with E-state index in [9.17, 15) is 9.90 Å². The van der Waals surface area contributed by atoms with Crippen LogP contribution in [-0.2, 0) is 11.2 Å². The molecule has 1 amide bonds. The molecule has 1 heterocycles. The van der Waals surface area contributed by atoms with E-state index in [0.717, 1.165) is 50.8 Å². The summed E-state index contributed by atoms with van der Waals surface area (Å²) in [7, 11) is 0. The molecule has 4 fully saturated rings. The molecular formula is C20H25NO2. The van der Waals surface area contributed by atoms with Crippen LogP contribution >= 0.6 is 0 Å². The molecule has 2 unspecified atom stereocenters. The van der Waals surface area contributed by atoms with Crippen molar-refractivity contribution in [1.29, 1.82) is 0 Å². The molecular weight excluding hydrogens is 286 g/mol. The van der Waals surface area contributed by atoms with Gasteiger partial charge < -0.3 is 10.0 Å². The normalized spacial score (nSPS) is 40.5. The van der Waals surface area contributed by atoms with Gasteiger partial charge in [0, 0.05) is 18.7 Å². The minimum Gasteiger partial charge on any atom is -0.390 e. The molecule has 2 atom stereocenters. The first kappa shape index (κ1) is 14.0. The van der Waals surface area contributed by atoms with Gasteiger partial charge in [-0.25, -0.2) is 0 Å². The van der Waals surface area contributed by atoms with Crippen molar-refractivity contribution in [3.63, 3.8) is 0 Å². The largest absolute Gasteiger partial charge is 0.390 e. The molecule has 3 heteroatoms. The van der Waals surface area contributed by atoms with Gasteiger partial charge in [0.25, 0.3) is 0 Å². The van der Waals surface area contributed by atoms with Gasteiger partial charge in [0.1, 0.15) is 0 Å². The summed E-state index contributed by atoms with van der Waals surface area (Å²) >= 11 is 0. The molecule has 1 aliphatic heterocycles. The molecule has 0 saturated heterocycles. The highest BCUT2D eigenvalue weighted by atomic mass is 16.3. The molecule has 1 aromatic rings. The van der Waals surface area contributed by atoms with E-state index in [4.69, 9.17) is 0 Å². The second-order valence-corrected chi connectivity index (χ2v) is 8.79. The smallest absolute Gasteiger partial charge is 0.227 e. The summed E-state index contributed by atoms with van der Waals surface area (Å²) in [6, 6.07) is 8.29. The van der Waals surface area contributed by atoms with E-state index in [1.165, 1.54) is 12.0 Å². The Balaban J connectivity index is 1.39. The average Bonchev–Trinajstić information content (AvgIpc) is 2.88. The maximum atomic E-state index is 13.0. The van der Waals surface area contributed by atoms with E-state index < -0.39 is 5.60 Å². The lowest BCUT2D eigenvalue weighted by Crippen LogP contribution is -2.56. The van der Waals surface area contributed by atoms with Crippen molar-refractivity contribution in [2.24, 2.45) is 17.3 Å². The molecule has 122 valence electrons. The van der Waals surface area contributed by atoms with Crippen molar-refractivity contribution >= 4 is 11.6 Å². The average molecular weight is 311 g/mol. The highest BCUT2D eigenvalue weighted by Crippen LogP contribution is 2.63. The zero-order chi connectivity index (χ0) is 15.7. The van der Waals surface area contributed by atoms with Crippen molar-refractivity contribution in [3.8, 4) is 0 Å². The minimum absolute atomic E-state index is 0.0768. The fourth-order valence-electron chi connectivity index (χ4n) is 6.62. The van der Waals surface area contributed by atoms with Crippen LogP contribution in [0.25, 0.3) is 0 Å². The molecule has 0 aromatic heterocycles. The molecule has 5 aliphatic rings. The molecule has 1 N–H and O–H groups in total. The van der Waals surface area contributed by atoms with E-state index in [-0.39, 0.29) is 11.3 Å². The molecule has 4 bridgehead atoms. The zero-order valence-corrected chi connectivity index (χ0v) is 13.6. The number of para-hydroxylation sites is 1. The number of carbonyl (C=O) groups is 1. The molecule has 23 heavy (non-hydrogen) atoms. The predicted molar refractivity (Wildman–Crippen MR) is 89.2 cm³/mol. The van der Waals surface area contributed by atoms with Crippen molar-refractivity contribution < 1.29 is 9.90 Å². The van der Waals surface area contributed by atoms with Crippen LogP contribution in [0.15, 0.2) is 24.3 Å². The molecule has 6 rings (SSSR count). The molecule has 3 nitrogen and oxygen atoms in total. The number of nitrogens with zero attached hydrogens (tertiary/aromatic N) is 1. The molecule has 4 saturated carbocycles. The van der Waals surface area contributed by atoms with Crippen LogP contribution in [0.5, 0.6) is 0 Å². The highest BCUT2D eigenvalue weighted by Gasteiger charge is 2.57. The SMILES string of the molecule is O=C(CC12CC3CC(CC(O)(C3)C1)C2)N1CCc2ccccc21. The molecule has 4 aliphatic carbocycles. The fraction of sp³-hybridized carbons (Fsp3) is 0.650. The monoisotopic (exact) mass is 311 g/mol. The fourth-order valence-corrected chi connectivity index (χ4v) is 6.62. The van der Waals surface area contributed by atoms with Crippen LogP contribution in [0.1, 0.15) is 50.5 Å². The number of hydrogen-bond donors (Lipinski definition) is 1. The Bertz CT molecular complexity index is 653. The van der Waals surface area contributed by atoms with Gasteiger partial charge in [-0.05, 0) is 73.8 Å². The Morgan fingerprint density at radius 3 is 2.65 bits per heavy atom. The number of fused-ring (bicyclic) bond motifs is 1. The van der Waals surface area contributed by atoms with Crippen molar-refractivity contribution in [1.82, 2.24) is 0 Å². The van der Waals surface area contributed by atoms with Crippen LogP contribution in [-0.4, -0.2) is 23.2 Å². The number of hydrogen-bond acceptors (Lipinski definition) is 2. The summed E-state index contributed by atoms with van der Waals surface area (Å²) in [6.07, 6.45) is 8.03. The van der Waals surface area contributed by atoms with Gasteiger partial charge in [-0.3, -0.25) is 4.79 Å². The molecule has 0 radical (unpaired) electrons. The summed E-state index contributed by atoms with van der Waals surface area (Å²) < 4.78 is 0. The number of benzene rings is 1. The van der Waals surface area contributed by atoms with Gasteiger partial charge >= 0.3 is 0 Å². The third kappa shape index (κ3) is 2.16. The third-order valence-electron chi connectivity index (χ3n) is 6.87.